The van der Waals surface area contributed by atoms with Crippen molar-refractivity contribution >= 4 is 47.2 Å². The topological polar surface area (TPSA) is 218 Å². The molecule has 0 spiro atoms. The van der Waals surface area contributed by atoms with Crippen molar-refractivity contribution < 1.29 is 38.3 Å². The van der Waals surface area contributed by atoms with Crippen LogP contribution >= 0.6 is 0 Å². The molecule has 1 aliphatic heterocycles. The van der Waals surface area contributed by atoms with E-state index in [0.29, 0.717) is 37.1 Å². The zero-order chi connectivity index (χ0) is 39.2. The number of carbonyl (C=O) groups excluding carboxylic acids is 7. The summed E-state index contributed by atoms with van der Waals surface area (Å²) in [6, 6.07) is 3.45. The third-order valence-electron chi connectivity index (χ3n) is 8.56. The molecule has 1 heterocycles. The van der Waals surface area contributed by atoms with E-state index in [1.165, 1.54) is 4.90 Å². The van der Waals surface area contributed by atoms with Gasteiger partial charge in [-0.2, -0.15) is 0 Å². The predicted octanol–water partition coefficient (Wildman–Crippen LogP) is 3.36. The zero-order valence-electron chi connectivity index (χ0n) is 32.0. The number of anilines is 1. The quantitative estimate of drug-likeness (QED) is 0.130. The summed E-state index contributed by atoms with van der Waals surface area (Å²) < 4.78 is 5.25. The van der Waals surface area contributed by atoms with Gasteiger partial charge in [-0.1, -0.05) is 67.5 Å². The summed E-state index contributed by atoms with van der Waals surface area (Å²) in [5.74, 6) is -1.88. The molecule has 0 aromatic heterocycles. The zero-order valence-corrected chi connectivity index (χ0v) is 32.0. The van der Waals surface area contributed by atoms with Gasteiger partial charge in [0.25, 0.3) is 0 Å². The molecule has 290 valence electrons. The fraction of sp³-hybridized carbons (Fsp3) is 0.649. The number of hydrogen-bond acceptors (Lipinski definition) is 8. The van der Waals surface area contributed by atoms with Crippen molar-refractivity contribution in [3.8, 4) is 0 Å². The third kappa shape index (κ3) is 15.3. The average molecular weight is 730 g/mol. The largest absolute Gasteiger partial charge is 0.445 e. The fourth-order valence-corrected chi connectivity index (χ4v) is 5.52. The first-order valence-electron chi connectivity index (χ1n) is 17.9. The Morgan fingerprint density at radius 3 is 2.15 bits per heavy atom. The van der Waals surface area contributed by atoms with E-state index in [1.807, 2.05) is 41.5 Å². The number of primary amides is 1. The molecule has 15 heteroatoms. The molecule has 7 amide bonds. The molecule has 0 radical (unpaired) electrons. The number of alkyl carbamates (subject to hydrolysis) is 1. The van der Waals surface area contributed by atoms with Crippen molar-refractivity contribution in [2.24, 2.45) is 22.5 Å². The van der Waals surface area contributed by atoms with Crippen LogP contribution in [0.3, 0.4) is 0 Å². The molecule has 15 nitrogen and oxygen atoms in total. The number of likely N-dealkylation sites (tertiary alicyclic amines) is 1. The van der Waals surface area contributed by atoms with E-state index in [4.69, 9.17) is 10.5 Å². The van der Waals surface area contributed by atoms with Crippen molar-refractivity contribution in [2.45, 2.75) is 119 Å². The minimum Gasteiger partial charge on any atom is -0.445 e. The monoisotopic (exact) mass is 729 g/mol. The molecule has 1 aromatic rings. The lowest BCUT2D eigenvalue weighted by Crippen LogP contribution is -2.54. The first-order valence-corrected chi connectivity index (χ1v) is 17.9. The Kier molecular flexibility index (Phi) is 16.5. The smallest absolute Gasteiger partial charge is 0.407 e. The van der Waals surface area contributed by atoms with Gasteiger partial charge in [0.05, 0.1) is 6.04 Å². The van der Waals surface area contributed by atoms with Crippen LogP contribution in [-0.2, 0) is 35.3 Å². The summed E-state index contributed by atoms with van der Waals surface area (Å²) in [6.45, 7) is 15.4. The summed E-state index contributed by atoms with van der Waals surface area (Å²) >= 11 is 0. The molecule has 1 fully saturated rings. The standard InChI is InChI=1S/C37H59N7O8/c1-23(2)30(43-28(45)17-18-36(3,4)5)33(49)42-26(11-9-19-39-34(38)50)32(48)41-25-15-13-24(14-16-25)22-52-35(51)40-21-29(46)44-20-10-12-27(44)31(47)37(6,7)8/h13-16,23,26-27,30H,9-12,17-22H2,1-8H3,(H,40,51)(H,41,48)(H,42,49)(H,43,45)(H3,38,39,50)/t26-,27+,30-/m0/s1. The SMILES string of the molecule is CC(C)[C@H](NC(=O)CCC(C)(C)C)C(=O)N[C@@H](CCCNC(N)=O)C(=O)Nc1ccc(COC(=O)NCC(=O)N2CCC[C@@H]2C(=O)C(C)(C)C)cc1. The van der Waals surface area contributed by atoms with Gasteiger partial charge in [0.2, 0.25) is 23.6 Å². The van der Waals surface area contributed by atoms with E-state index in [9.17, 15) is 33.6 Å². The average Bonchev–Trinajstić information content (AvgIpc) is 3.54. The molecule has 0 aliphatic carbocycles. The molecule has 0 bridgehead atoms. The Bertz CT molecular complexity index is 1420. The molecule has 3 atom stereocenters. The van der Waals surface area contributed by atoms with Gasteiger partial charge < -0.3 is 42.0 Å². The summed E-state index contributed by atoms with van der Waals surface area (Å²) in [7, 11) is 0. The molecule has 52 heavy (non-hydrogen) atoms. The Balaban J connectivity index is 1.96. The second kappa shape index (κ2) is 19.8. The normalized spacial score (nSPS) is 15.6. The summed E-state index contributed by atoms with van der Waals surface area (Å²) in [5.41, 5.74) is 5.55. The summed E-state index contributed by atoms with van der Waals surface area (Å²) in [4.78, 5) is 89.9. The van der Waals surface area contributed by atoms with Crippen molar-refractivity contribution in [2.75, 3.05) is 25.0 Å². The van der Waals surface area contributed by atoms with Crippen LogP contribution in [0, 0.1) is 16.7 Å². The Morgan fingerprint density at radius 2 is 1.58 bits per heavy atom. The number of urea groups is 1. The van der Waals surface area contributed by atoms with Crippen LogP contribution in [0.2, 0.25) is 0 Å². The van der Waals surface area contributed by atoms with Crippen LogP contribution in [0.1, 0.15) is 99.5 Å². The van der Waals surface area contributed by atoms with E-state index < -0.39 is 47.5 Å². The van der Waals surface area contributed by atoms with E-state index in [1.54, 1.807) is 38.1 Å². The number of ketones is 1. The highest BCUT2D eigenvalue weighted by Crippen LogP contribution is 2.27. The van der Waals surface area contributed by atoms with Gasteiger partial charge in [-0.25, -0.2) is 9.59 Å². The van der Waals surface area contributed by atoms with Crippen LogP contribution in [0.4, 0.5) is 15.3 Å². The van der Waals surface area contributed by atoms with Crippen molar-refractivity contribution in [3.63, 3.8) is 0 Å². The van der Waals surface area contributed by atoms with Crippen LogP contribution in [0.25, 0.3) is 0 Å². The number of benzene rings is 1. The Labute approximate surface area is 307 Å². The number of Topliss-reactive ketones (excluding diaryl/α,β-unsaturated/α-hetero) is 1. The first-order chi connectivity index (χ1) is 24.2. The van der Waals surface area contributed by atoms with E-state index in [0.717, 1.165) is 6.42 Å². The lowest BCUT2D eigenvalue weighted by molar-refractivity contribution is -0.140. The second-order valence-electron chi connectivity index (χ2n) is 15.8. The number of amides is 7. The van der Waals surface area contributed by atoms with E-state index in [-0.39, 0.29) is 61.5 Å². The highest BCUT2D eigenvalue weighted by molar-refractivity contribution is 5.98. The Hall–Kier alpha value is -4.69. The molecule has 7 N–H and O–H groups in total. The maximum absolute atomic E-state index is 13.4. The molecule has 0 saturated carbocycles. The van der Waals surface area contributed by atoms with E-state index >= 15 is 0 Å². The minimum atomic E-state index is -0.994. The molecule has 0 unspecified atom stereocenters. The number of nitrogens with one attached hydrogen (secondary N) is 5. The number of nitrogens with two attached hydrogens (primary N) is 1. The van der Waals surface area contributed by atoms with Crippen LogP contribution < -0.4 is 32.3 Å². The number of ether oxygens (including phenoxy) is 1. The second-order valence-corrected chi connectivity index (χ2v) is 15.8. The van der Waals surface area contributed by atoms with Crippen LogP contribution in [0.5, 0.6) is 0 Å². The van der Waals surface area contributed by atoms with Gasteiger partial charge in [0.15, 0.2) is 5.78 Å². The van der Waals surface area contributed by atoms with Crippen molar-refractivity contribution in [1.29, 1.82) is 0 Å². The summed E-state index contributed by atoms with van der Waals surface area (Å²) in [5, 5.41) is 13.3. The fourth-order valence-electron chi connectivity index (χ4n) is 5.52. The number of carbonyl (C=O) groups is 7. The van der Waals surface area contributed by atoms with Gasteiger partial charge in [-0.3, -0.25) is 24.0 Å². The molecular weight excluding hydrogens is 670 g/mol. The molecule has 1 aromatic carbocycles. The third-order valence-corrected chi connectivity index (χ3v) is 8.56. The van der Waals surface area contributed by atoms with Gasteiger partial charge >= 0.3 is 12.1 Å². The lowest BCUT2D eigenvalue weighted by Gasteiger charge is -2.29. The van der Waals surface area contributed by atoms with E-state index in [2.05, 4.69) is 26.6 Å². The molecular formula is C37H59N7O8. The van der Waals surface area contributed by atoms with Crippen LogP contribution in [0.15, 0.2) is 24.3 Å². The van der Waals surface area contributed by atoms with Gasteiger partial charge in [-0.15, -0.1) is 0 Å². The number of hydrogen-bond donors (Lipinski definition) is 6. The predicted molar refractivity (Wildman–Crippen MR) is 197 cm³/mol. The highest BCUT2D eigenvalue weighted by Gasteiger charge is 2.39. The molecule has 1 saturated heterocycles. The van der Waals surface area contributed by atoms with Crippen molar-refractivity contribution in [1.82, 2.24) is 26.2 Å². The van der Waals surface area contributed by atoms with Gasteiger partial charge in [0.1, 0.15) is 25.2 Å². The van der Waals surface area contributed by atoms with Gasteiger partial charge in [-0.05, 0) is 61.1 Å². The minimum absolute atomic E-state index is 0.00872. The molecule has 2 rings (SSSR count). The number of nitrogens with zero attached hydrogens (tertiary/aromatic N) is 1. The highest BCUT2D eigenvalue weighted by atomic mass is 16.5. The Morgan fingerprint density at radius 1 is 0.923 bits per heavy atom. The van der Waals surface area contributed by atoms with Crippen LogP contribution in [-0.4, -0.2) is 84.2 Å². The number of rotatable bonds is 17. The first kappa shape index (κ1) is 43.5. The lowest BCUT2D eigenvalue weighted by atomic mass is 9.85. The van der Waals surface area contributed by atoms with Crippen molar-refractivity contribution in [3.05, 3.63) is 29.8 Å². The molecule has 1 aliphatic rings. The summed E-state index contributed by atoms with van der Waals surface area (Å²) in [6.07, 6.45) is 1.94. The maximum Gasteiger partial charge on any atom is 0.407 e. The van der Waals surface area contributed by atoms with Gasteiger partial charge in [0, 0.05) is 30.6 Å². The maximum atomic E-state index is 13.4.